The predicted molar refractivity (Wildman–Crippen MR) is 92.0 cm³/mol. The van der Waals surface area contributed by atoms with E-state index in [2.05, 4.69) is 0 Å². The van der Waals surface area contributed by atoms with Crippen LogP contribution in [0.25, 0.3) is 22.3 Å². The number of hydrogen-bond donors (Lipinski definition) is 1. The molecule has 0 amide bonds. The first-order valence-corrected chi connectivity index (χ1v) is 7.21. The van der Waals surface area contributed by atoms with Gasteiger partial charge in [-0.15, -0.1) is 0 Å². The van der Waals surface area contributed by atoms with E-state index in [1.165, 1.54) is 13.2 Å². The van der Waals surface area contributed by atoms with Crippen molar-refractivity contribution in [3.63, 3.8) is 0 Å². The second-order valence-corrected chi connectivity index (χ2v) is 5.13. The molecular formula is C18H17NO5. The third-order valence-electron chi connectivity index (χ3n) is 3.75. The average molecular weight is 327 g/mol. The van der Waals surface area contributed by atoms with Crippen molar-refractivity contribution in [2.45, 2.75) is 0 Å². The van der Waals surface area contributed by atoms with Crippen LogP contribution >= 0.6 is 0 Å². The minimum Gasteiger partial charge on any atom is -0.494 e. The van der Waals surface area contributed by atoms with Crippen molar-refractivity contribution >= 4 is 16.7 Å². The maximum atomic E-state index is 12.4. The topological polar surface area (TPSA) is 83.9 Å². The number of nitrogens with two attached hydrogens (primary N) is 1. The molecule has 24 heavy (non-hydrogen) atoms. The van der Waals surface area contributed by atoms with E-state index in [1.54, 1.807) is 44.6 Å². The Kier molecular flexibility index (Phi) is 4.04. The van der Waals surface area contributed by atoms with Gasteiger partial charge in [0, 0.05) is 17.7 Å². The predicted octanol–water partition coefficient (Wildman–Crippen LogP) is 3.07. The number of benzene rings is 2. The molecule has 2 aromatic carbocycles. The van der Waals surface area contributed by atoms with Gasteiger partial charge in [-0.1, -0.05) is 0 Å². The van der Waals surface area contributed by atoms with Crippen LogP contribution in [-0.2, 0) is 0 Å². The molecule has 1 aromatic heterocycles. The molecule has 124 valence electrons. The van der Waals surface area contributed by atoms with Crippen molar-refractivity contribution in [2.75, 3.05) is 27.1 Å². The Bertz CT molecular complexity index is 962. The highest BCUT2D eigenvalue weighted by Gasteiger charge is 2.12. The molecule has 6 heteroatoms. The third-order valence-corrected chi connectivity index (χ3v) is 3.75. The fourth-order valence-electron chi connectivity index (χ4n) is 2.51. The van der Waals surface area contributed by atoms with Gasteiger partial charge in [-0.25, -0.2) is 0 Å². The molecule has 3 rings (SSSR count). The molecule has 0 atom stereocenters. The lowest BCUT2D eigenvalue weighted by atomic mass is 10.1. The van der Waals surface area contributed by atoms with Crippen LogP contribution in [0.15, 0.2) is 45.6 Å². The molecule has 0 aliphatic carbocycles. The molecule has 0 saturated carbocycles. The minimum atomic E-state index is -0.185. The Morgan fingerprint density at radius 1 is 0.875 bits per heavy atom. The fraction of sp³-hybridized carbons (Fsp3) is 0.167. The first-order valence-electron chi connectivity index (χ1n) is 7.21. The molecule has 0 aliphatic rings. The van der Waals surface area contributed by atoms with Crippen LogP contribution in [0.3, 0.4) is 0 Å². The SMILES string of the molecule is COc1cc2oc(-c3ccc(OC)c(OC)c3)cc(=O)c2cc1N. The quantitative estimate of drug-likeness (QED) is 0.741. The zero-order valence-corrected chi connectivity index (χ0v) is 13.6. The number of nitrogen functional groups attached to an aromatic ring is 1. The molecule has 0 aliphatic heterocycles. The summed E-state index contributed by atoms with van der Waals surface area (Å²) in [5.74, 6) is 2.02. The largest absolute Gasteiger partial charge is 0.494 e. The van der Waals surface area contributed by atoms with Gasteiger partial charge in [0.15, 0.2) is 16.9 Å². The summed E-state index contributed by atoms with van der Waals surface area (Å²) in [4.78, 5) is 12.4. The van der Waals surface area contributed by atoms with E-state index in [4.69, 9.17) is 24.4 Å². The van der Waals surface area contributed by atoms with Crippen molar-refractivity contribution in [3.8, 4) is 28.6 Å². The molecule has 0 radical (unpaired) electrons. The molecule has 3 aromatic rings. The maximum Gasteiger partial charge on any atom is 0.193 e. The number of anilines is 1. The second kappa shape index (κ2) is 6.16. The van der Waals surface area contributed by atoms with Gasteiger partial charge in [0.1, 0.15) is 17.1 Å². The number of rotatable bonds is 4. The summed E-state index contributed by atoms with van der Waals surface area (Å²) in [6, 6.07) is 9.88. The summed E-state index contributed by atoms with van der Waals surface area (Å²) >= 11 is 0. The molecule has 6 nitrogen and oxygen atoms in total. The monoisotopic (exact) mass is 327 g/mol. The van der Waals surface area contributed by atoms with Gasteiger partial charge < -0.3 is 24.4 Å². The summed E-state index contributed by atoms with van der Waals surface area (Å²) in [7, 11) is 4.62. The molecule has 2 N–H and O–H groups in total. The van der Waals surface area contributed by atoms with E-state index in [9.17, 15) is 4.79 Å². The Hall–Kier alpha value is -3.15. The highest BCUT2D eigenvalue weighted by molar-refractivity contribution is 5.85. The Balaban J connectivity index is 2.20. The van der Waals surface area contributed by atoms with Gasteiger partial charge in [-0.05, 0) is 24.3 Å². The van der Waals surface area contributed by atoms with E-state index >= 15 is 0 Å². The van der Waals surface area contributed by atoms with E-state index < -0.39 is 0 Å². The van der Waals surface area contributed by atoms with Crippen molar-refractivity contribution in [3.05, 3.63) is 46.6 Å². The highest BCUT2D eigenvalue weighted by atomic mass is 16.5. The van der Waals surface area contributed by atoms with E-state index in [1.807, 2.05) is 0 Å². The summed E-state index contributed by atoms with van der Waals surface area (Å²) in [6.07, 6.45) is 0. The van der Waals surface area contributed by atoms with E-state index in [0.717, 1.165) is 0 Å². The number of fused-ring (bicyclic) bond motifs is 1. The summed E-state index contributed by atoms with van der Waals surface area (Å²) in [5.41, 5.74) is 7.15. The normalized spacial score (nSPS) is 10.6. The molecule has 0 fully saturated rings. The smallest absolute Gasteiger partial charge is 0.193 e. The van der Waals surface area contributed by atoms with Crippen LogP contribution in [0.1, 0.15) is 0 Å². The van der Waals surface area contributed by atoms with Crippen LogP contribution in [0, 0.1) is 0 Å². The highest BCUT2D eigenvalue weighted by Crippen LogP contribution is 2.34. The van der Waals surface area contributed by atoms with Crippen LogP contribution < -0.4 is 25.4 Å². The molecule has 1 heterocycles. The lowest BCUT2D eigenvalue weighted by Crippen LogP contribution is -2.02. The lowest BCUT2D eigenvalue weighted by Gasteiger charge is -2.10. The third kappa shape index (κ3) is 2.62. The second-order valence-electron chi connectivity index (χ2n) is 5.13. The van der Waals surface area contributed by atoms with E-state index in [-0.39, 0.29) is 5.43 Å². The maximum absolute atomic E-state index is 12.4. The molecule has 0 spiro atoms. The van der Waals surface area contributed by atoms with Gasteiger partial charge in [0.2, 0.25) is 0 Å². The van der Waals surface area contributed by atoms with E-state index in [0.29, 0.717) is 45.2 Å². The van der Waals surface area contributed by atoms with Crippen LogP contribution in [0.4, 0.5) is 5.69 Å². The van der Waals surface area contributed by atoms with Gasteiger partial charge in [-0.3, -0.25) is 4.79 Å². The summed E-state index contributed by atoms with van der Waals surface area (Å²) in [6.45, 7) is 0. The summed E-state index contributed by atoms with van der Waals surface area (Å²) in [5, 5.41) is 0.400. The first-order chi connectivity index (χ1) is 11.6. The first kappa shape index (κ1) is 15.7. The molecular weight excluding hydrogens is 310 g/mol. The lowest BCUT2D eigenvalue weighted by molar-refractivity contribution is 0.355. The number of ether oxygens (including phenoxy) is 3. The number of methoxy groups -OCH3 is 3. The fourth-order valence-corrected chi connectivity index (χ4v) is 2.51. The average Bonchev–Trinajstić information content (AvgIpc) is 2.61. The summed E-state index contributed by atoms with van der Waals surface area (Å²) < 4.78 is 21.6. The Morgan fingerprint density at radius 2 is 1.58 bits per heavy atom. The van der Waals surface area contributed by atoms with Gasteiger partial charge in [-0.2, -0.15) is 0 Å². The standard InChI is InChI=1S/C18H17NO5/c1-21-14-5-4-10(6-18(14)23-3)15-8-13(20)11-7-12(19)17(22-2)9-16(11)24-15/h4-9H,19H2,1-3H3. The zero-order chi connectivity index (χ0) is 17.3. The Labute approximate surface area is 138 Å². The molecule has 0 saturated heterocycles. The zero-order valence-electron chi connectivity index (χ0n) is 13.6. The van der Waals surface area contributed by atoms with Crippen molar-refractivity contribution < 1.29 is 18.6 Å². The Morgan fingerprint density at radius 3 is 2.25 bits per heavy atom. The van der Waals surface area contributed by atoms with Crippen LogP contribution in [-0.4, -0.2) is 21.3 Å². The van der Waals surface area contributed by atoms with Crippen molar-refractivity contribution in [1.82, 2.24) is 0 Å². The van der Waals surface area contributed by atoms with Gasteiger partial charge >= 0.3 is 0 Å². The number of hydrogen-bond acceptors (Lipinski definition) is 6. The van der Waals surface area contributed by atoms with Crippen molar-refractivity contribution in [1.29, 1.82) is 0 Å². The van der Waals surface area contributed by atoms with Crippen molar-refractivity contribution in [2.24, 2.45) is 0 Å². The molecule has 0 unspecified atom stereocenters. The molecule has 0 bridgehead atoms. The van der Waals surface area contributed by atoms with Crippen LogP contribution in [0.5, 0.6) is 17.2 Å². The van der Waals surface area contributed by atoms with Gasteiger partial charge in [0.05, 0.1) is 32.4 Å². The van der Waals surface area contributed by atoms with Crippen LogP contribution in [0.2, 0.25) is 0 Å². The minimum absolute atomic E-state index is 0.185. The van der Waals surface area contributed by atoms with Gasteiger partial charge in [0.25, 0.3) is 0 Å².